The highest BCUT2D eigenvalue weighted by Gasteiger charge is 2.46. The topological polar surface area (TPSA) is 21.3 Å². The van der Waals surface area contributed by atoms with Crippen LogP contribution in [0.5, 0.6) is 5.75 Å². The standard InChI is InChI=1S/C18H27NO/c1-2-20-16-8-6-7-15(13-16)14-19-17-9-12-18(17)10-4-3-5-11-18/h6-8,13,17,19H,2-5,9-12,14H2,1H3. The van der Waals surface area contributed by atoms with Gasteiger partial charge in [-0.3, -0.25) is 0 Å². The summed E-state index contributed by atoms with van der Waals surface area (Å²) < 4.78 is 5.58. The van der Waals surface area contributed by atoms with Crippen LogP contribution in [-0.4, -0.2) is 12.6 Å². The van der Waals surface area contributed by atoms with E-state index < -0.39 is 0 Å². The molecule has 2 heteroatoms. The Morgan fingerprint density at radius 3 is 2.75 bits per heavy atom. The van der Waals surface area contributed by atoms with E-state index in [1.165, 1.54) is 50.5 Å². The number of hydrogen-bond acceptors (Lipinski definition) is 2. The lowest BCUT2D eigenvalue weighted by atomic mass is 9.57. The second-order valence-corrected chi connectivity index (χ2v) is 6.48. The van der Waals surface area contributed by atoms with Crippen LogP contribution in [0.4, 0.5) is 0 Å². The molecule has 1 spiro atoms. The molecule has 2 saturated carbocycles. The monoisotopic (exact) mass is 273 g/mol. The third kappa shape index (κ3) is 2.85. The molecule has 0 saturated heterocycles. The average Bonchev–Trinajstić information content (AvgIpc) is 2.48. The molecule has 3 rings (SSSR count). The molecule has 2 fully saturated rings. The quantitative estimate of drug-likeness (QED) is 0.864. The van der Waals surface area contributed by atoms with Gasteiger partial charge in [-0.15, -0.1) is 0 Å². The molecule has 0 radical (unpaired) electrons. The van der Waals surface area contributed by atoms with Crippen LogP contribution in [0.1, 0.15) is 57.4 Å². The Kier molecular flexibility index (Phi) is 4.30. The second kappa shape index (κ2) is 6.17. The lowest BCUT2D eigenvalue weighted by molar-refractivity contribution is 0.0221. The first kappa shape index (κ1) is 13.9. The minimum atomic E-state index is 0.649. The fourth-order valence-corrected chi connectivity index (χ4v) is 4.02. The first-order chi connectivity index (χ1) is 9.82. The van der Waals surface area contributed by atoms with Crippen LogP contribution in [0, 0.1) is 5.41 Å². The number of benzene rings is 1. The number of rotatable bonds is 5. The minimum absolute atomic E-state index is 0.649. The van der Waals surface area contributed by atoms with Gasteiger partial charge in [0.15, 0.2) is 0 Å². The number of nitrogens with one attached hydrogen (secondary N) is 1. The molecule has 0 heterocycles. The van der Waals surface area contributed by atoms with Crippen molar-refractivity contribution in [3.8, 4) is 5.75 Å². The van der Waals surface area contributed by atoms with Crippen molar-refractivity contribution < 1.29 is 4.74 Å². The highest BCUT2D eigenvalue weighted by molar-refractivity contribution is 5.28. The predicted molar refractivity (Wildman–Crippen MR) is 83.0 cm³/mol. The van der Waals surface area contributed by atoms with Gasteiger partial charge in [-0.2, -0.15) is 0 Å². The van der Waals surface area contributed by atoms with Gasteiger partial charge in [-0.05, 0) is 55.7 Å². The van der Waals surface area contributed by atoms with Crippen molar-refractivity contribution in [3.05, 3.63) is 29.8 Å². The van der Waals surface area contributed by atoms with Crippen molar-refractivity contribution in [1.29, 1.82) is 0 Å². The molecule has 1 atom stereocenters. The zero-order valence-electron chi connectivity index (χ0n) is 12.7. The van der Waals surface area contributed by atoms with E-state index in [1.807, 2.05) is 13.0 Å². The Hall–Kier alpha value is -1.02. The Bertz CT molecular complexity index is 437. The molecular weight excluding hydrogens is 246 g/mol. The molecule has 2 aliphatic carbocycles. The van der Waals surface area contributed by atoms with E-state index in [4.69, 9.17) is 4.74 Å². The summed E-state index contributed by atoms with van der Waals surface area (Å²) in [5.41, 5.74) is 1.99. The molecule has 0 aromatic heterocycles. The summed E-state index contributed by atoms with van der Waals surface area (Å²) in [5.74, 6) is 0.993. The molecule has 0 bridgehead atoms. The van der Waals surface area contributed by atoms with Crippen LogP contribution in [0.15, 0.2) is 24.3 Å². The van der Waals surface area contributed by atoms with E-state index in [0.29, 0.717) is 5.41 Å². The van der Waals surface area contributed by atoms with Crippen LogP contribution >= 0.6 is 0 Å². The van der Waals surface area contributed by atoms with Gasteiger partial charge in [0, 0.05) is 12.6 Å². The first-order valence-corrected chi connectivity index (χ1v) is 8.27. The van der Waals surface area contributed by atoms with Crippen molar-refractivity contribution in [1.82, 2.24) is 5.32 Å². The molecule has 20 heavy (non-hydrogen) atoms. The zero-order valence-corrected chi connectivity index (χ0v) is 12.7. The third-order valence-electron chi connectivity index (χ3n) is 5.28. The fourth-order valence-electron chi connectivity index (χ4n) is 4.02. The Morgan fingerprint density at radius 1 is 1.20 bits per heavy atom. The Labute approximate surface area is 122 Å². The molecule has 1 N–H and O–H groups in total. The highest BCUT2D eigenvalue weighted by Crippen LogP contribution is 2.51. The lowest BCUT2D eigenvalue weighted by Gasteiger charge is -2.52. The van der Waals surface area contributed by atoms with Gasteiger partial charge in [0.25, 0.3) is 0 Å². The maximum absolute atomic E-state index is 5.58. The van der Waals surface area contributed by atoms with Crippen molar-refractivity contribution >= 4 is 0 Å². The number of hydrogen-bond donors (Lipinski definition) is 1. The molecule has 0 aliphatic heterocycles. The van der Waals surface area contributed by atoms with Gasteiger partial charge in [-0.1, -0.05) is 31.4 Å². The molecule has 1 aromatic carbocycles. The highest BCUT2D eigenvalue weighted by atomic mass is 16.5. The van der Waals surface area contributed by atoms with Crippen LogP contribution in [-0.2, 0) is 6.54 Å². The molecule has 1 aromatic rings. The van der Waals surface area contributed by atoms with Crippen LogP contribution in [0.25, 0.3) is 0 Å². The van der Waals surface area contributed by atoms with Crippen molar-refractivity contribution in [2.75, 3.05) is 6.61 Å². The van der Waals surface area contributed by atoms with E-state index in [2.05, 4.69) is 23.5 Å². The van der Waals surface area contributed by atoms with Gasteiger partial charge in [0.1, 0.15) is 5.75 Å². The fraction of sp³-hybridized carbons (Fsp3) is 0.667. The van der Waals surface area contributed by atoms with Gasteiger partial charge < -0.3 is 10.1 Å². The molecule has 0 amide bonds. The normalized spacial score (nSPS) is 24.4. The van der Waals surface area contributed by atoms with Crippen molar-refractivity contribution in [2.24, 2.45) is 5.41 Å². The SMILES string of the molecule is CCOc1cccc(CNC2CCC23CCCCC3)c1. The van der Waals surface area contributed by atoms with E-state index in [1.54, 1.807) is 0 Å². The summed E-state index contributed by atoms with van der Waals surface area (Å²) in [6.07, 6.45) is 10.0. The summed E-state index contributed by atoms with van der Waals surface area (Å²) >= 11 is 0. The van der Waals surface area contributed by atoms with Crippen molar-refractivity contribution in [3.63, 3.8) is 0 Å². The molecular formula is C18H27NO. The average molecular weight is 273 g/mol. The third-order valence-corrected chi connectivity index (χ3v) is 5.28. The summed E-state index contributed by atoms with van der Waals surface area (Å²) in [5, 5.41) is 3.81. The van der Waals surface area contributed by atoms with Crippen molar-refractivity contribution in [2.45, 2.75) is 64.5 Å². The Morgan fingerprint density at radius 2 is 2.05 bits per heavy atom. The maximum atomic E-state index is 5.58. The summed E-state index contributed by atoms with van der Waals surface area (Å²) in [6, 6.07) is 9.25. The largest absolute Gasteiger partial charge is 0.494 e. The van der Waals surface area contributed by atoms with E-state index in [9.17, 15) is 0 Å². The molecule has 2 aliphatic rings. The lowest BCUT2D eigenvalue weighted by Crippen LogP contribution is -2.53. The number of ether oxygens (including phenoxy) is 1. The van der Waals surface area contributed by atoms with E-state index in [-0.39, 0.29) is 0 Å². The van der Waals surface area contributed by atoms with Gasteiger partial charge in [0.05, 0.1) is 6.61 Å². The summed E-state index contributed by atoms with van der Waals surface area (Å²) in [7, 11) is 0. The van der Waals surface area contributed by atoms with E-state index >= 15 is 0 Å². The van der Waals surface area contributed by atoms with Crippen LogP contribution < -0.4 is 10.1 Å². The first-order valence-electron chi connectivity index (χ1n) is 8.27. The predicted octanol–water partition coefficient (Wildman–Crippen LogP) is 4.29. The van der Waals surface area contributed by atoms with Gasteiger partial charge in [0.2, 0.25) is 0 Å². The molecule has 110 valence electrons. The van der Waals surface area contributed by atoms with Crippen LogP contribution in [0.2, 0.25) is 0 Å². The smallest absolute Gasteiger partial charge is 0.119 e. The van der Waals surface area contributed by atoms with Crippen LogP contribution in [0.3, 0.4) is 0 Å². The summed E-state index contributed by atoms with van der Waals surface area (Å²) in [6.45, 7) is 3.75. The maximum Gasteiger partial charge on any atom is 0.119 e. The minimum Gasteiger partial charge on any atom is -0.494 e. The van der Waals surface area contributed by atoms with Gasteiger partial charge in [-0.25, -0.2) is 0 Å². The zero-order chi connectivity index (χ0) is 13.8. The second-order valence-electron chi connectivity index (χ2n) is 6.48. The molecule has 2 nitrogen and oxygen atoms in total. The van der Waals surface area contributed by atoms with E-state index in [0.717, 1.165) is 24.9 Å². The molecule has 1 unspecified atom stereocenters. The van der Waals surface area contributed by atoms with Gasteiger partial charge >= 0.3 is 0 Å². The Balaban J connectivity index is 1.55. The summed E-state index contributed by atoms with van der Waals surface area (Å²) in [4.78, 5) is 0.